The first-order chi connectivity index (χ1) is 11.2. The van der Waals surface area contributed by atoms with E-state index in [-0.39, 0.29) is 54.2 Å². The molecule has 0 aliphatic heterocycles. The summed E-state index contributed by atoms with van der Waals surface area (Å²) in [4.78, 5) is 26.5. The molecule has 0 heterocycles. The summed E-state index contributed by atoms with van der Waals surface area (Å²) >= 11 is 0. The molecule has 0 bridgehead atoms. The Morgan fingerprint density at radius 2 is 1.96 bits per heavy atom. The van der Waals surface area contributed by atoms with Gasteiger partial charge in [0.05, 0.1) is 18.0 Å². The number of nitro benzene ring substituents is 1. The molecule has 1 aromatic carbocycles. The number of halogens is 1. The van der Waals surface area contributed by atoms with Crippen LogP contribution in [0.25, 0.3) is 0 Å². The zero-order valence-corrected chi connectivity index (χ0v) is 17.3. The predicted molar refractivity (Wildman–Crippen MR) is 109 cm³/mol. The maximum atomic E-state index is 11.8. The summed E-state index contributed by atoms with van der Waals surface area (Å²) in [7, 11) is 0. The highest BCUT2D eigenvalue weighted by Gasteiger charge is 2.13. The maximum absolute atomic E-state index is 11.8. The Kier molecular flexibility index (Phi) is 10.0. The Labute approximate surface area is 165 Å². The molecule has 140 valence electrons. The lowest BCUT2D eigenvalue weighted by Gasteiger charge is -2.21. The van der Waals surface area contributed by atoms with Crippen molar-refractivity contribution >= 4 is 41.5 Å². The minimum absolute atomic E-state index is 0. The molecule has 0 saturated carbocycles. The van der Waals surface area contributed by atoms with E-state index in [1.165, 1.54) is 12.1 Å². The quantitative estimate of drug-likeness (QED) is 0.197. The minimum Gasteiger partial charge on any atom is -0.357 e. The smallest absolute Gasteiger partial charge is 0.269 e. The van der Waals surface area contributed by atoms with Crippen molar-refractivity contribution in [1.82, 2.24) is 16.0 Å². The van der Waals surface area contributed by atoms with E-state index in [1.807, 2.05) is 27.7 Å². The zero-order chi connectivity index (χ0) is 18.2. The van der Waals surface area contributed by atoms with Crippen molar-refractivity contribution in [1.29, 1.82) is 0 Å². The molecule has 25 heavy (non-hydrogen) atoms. The van der Waals surface area contributed by atoms with Crippen LogP contribution in [0.1, 0.15) is 33.3 Å². The lowest BCUT2D eigenvalue weighted by atomic mass is 10.1. The van der Waals surface area contributed by atoms with Crippen molar-refractivity contribution in [3.63, 3.8) is 0 Å². The van der Waals surface area contributed by atoms with Crippen molar-refractivity contribution in [2.45, 2.75) is 39.8 Å². The average Bonchev–Trinajstić information content (AvgIpc) is 2.48. The van der Waals surface area contributed by atoms with Gasteiger partial charge in [-0.2, -0.15) is 0 Å². The molecule has 9 heteroatoms. The van der Waals surface area contributed by atoms with Crippen molar-refractivity contribution in [3.05, 3.63) is 39.9 Å². The molecule has 0 atom stereocenters. The SMILES string of the molecule is CCNC(=NCc1cccc([N+](=O)[O-])c1)NCC(=O)NC(C)(C)C.I. The molecule has 0 unspecified atom stereocenters. The molecule has 1 aromatic rings. The van der Waals surface area contributed by atoms with Gasteiger partial charge in [0.2, 0.25) is 5.91 Å². The fourth-order valence-corrected chi connectivity index (χ4v) is 1.91. The molecule has 1 amide bonds. The molecule has 0 radical (unpaired) electrons. The van der Waals surface area contributed by atoms with Crippen molar-refractivity contribution in [2.24, 2.45) is 4.99 Å². The fraction of sp³-hybridized carbons (Fsp3) is 0.500. The second-order valence-corrected chi connectivity index (χ2v) is 6.27. The maximum Gasteiger partial charge on any atom is 0.269 e. The van der Waals surface area contributed by atoms with Gasteiger partial charge in [0.15, 0.2) is 5.96 Å². The number of aliphatic imine (C=N–C) groups is 1. The van der Waals surface area contributed by atoms with Crippen LogP contribution in [0, 0.1) is 10.1 Å². The fourth-order valence-electron chi connectivity index (χ4n) is 1.91. The summed E-state index contributed by atoms with van der Waals surface area (Å²) in [6.07, 6.45) is 0. The number of nitrogens with one attached hydrogen (secondary N) is 3. The average molecular weight is 463 g/mol. The van der Waals surface area contributed by atoms with Crippen molar-refractivity contribution in [3.8, 4) is 0 Å². The van der Waals surface area contributed by atoms with E-state index in [0.717, 1.165) is 5.56 Å². The highest BCUT2D eigenvalue weighted by molar-refractivity contribution is 14.0. The van der Waals surface area contributed by atoms with Crippen LogP contribution in [0.15, 0.2) is 29.3 Å². The molecule has 3 N–H and O–H groups in total. The summed E-state index contributed by atoms with van der Waals surface area (Å²) in [6.45, 7) is 8.66. The molecular formula is C16H26IN5O3. The highest BCUT2D eigenvalue weighted by Crippen LogP contribution is 2.13. The summed E-state index contributed by atoms with van der Waals surface area (Å²) in [5, 5.41) is 19.6. The standard InChI is InChI=1S/C16H25N5O3.HI/c1-5-17-15(19-11-14(22)20-16(2,3)4)18-10-12-7-6-8-13(9-12)21(23)24;/h6-9H,5,10-11H2,1-4H3,(H,20,22)(H2,17,18,19);1H. The van der Waals surface area contributed by atoms with E-state index < -0.39 is 4.92 Å². The van der Waals surface area contributed by atoms with E-state index in [0.29, 0.717) is 12.5 Å². The van der Waals surface area contributed by atoms with Crippen molar-refractivity contribution < 1.29 is 9.72 Å². The topological polar surface area (TPSA) is 109 Å². The van der Waals surface area contributed by atoms with Crippen molar-refractivity contribution in [2.75, 3.05) is 13.1 Å². The number of guanidine groups is 1. The summed E-state index contributed by atoms with van der Waals surface area (Å²) < 4.78 is 0. The molecule has 0 spiro atoms. The molecular weight excluding hydrogens is 437 g/mol. The van der Waals surface area contributed by atoms with E-state index >= 15 is 0 Å². The third-order valence-electron chi connectivity index (χ3n) is 2.82. The van der Waals surface area contributed by atoms with E-state index in [9.17, 15) is 14.9 Å². The van der Waals surface area contributed by atoms with Gasteiger partial charge < -0.3 is 16.0 Å². The second-order valence-electron chi connectivity index (χ2n) is 6.27. The van der Waals surface area contributed by atoms with Crippen LogP contribution < -0.4 is 16.0 Å². The van der Waals surface area contributed by atoms with E-state index in [1.54, 1.807) is 12.1 Å². The number of non-ortho nitro benzene ring substituents is 1. The van der Waals surface area contributed by atoms with Gasteiger partial charge in [-0.25, -0.2) is 4.99 Å². The van der Waals surface area contributed by atoms with Crippen LogP contribution in [-0.2, 0) is 11.3 Å². The molecule has 8 nitrogen and oxygen atoms in total. The molecule has 0 aliphatic carbocycles. The normalized spacial score (nSPS) is 11.3. The number of hydrogen-bond donors (Lipinski definition) is 3. The number of carbonyl (C=O) groups excluding carboxylic acids is 1. The Morgan fingerprint density at radius 1 is 1.28 bits per heavy atom. The van der Waals surface area contributed by atoms with Gasteiger partial charge in [0.25, 0.3) is 5.69 Å². The van der Waals surface area contributed by atoms with Gasteiger partial charge in [-0.3, -0.25) is 14.9 Å². The first-order valence-electron chi connectivity index (χ1n) is 7.78. The minimum atomic E-state index is -0.437. The van der Waals surface area contributed by atoms with Gasteiger partial charge in [0, 0.05) is 24.2 Å². The Bertz CT molecular complexity index is 614. The van der Waals surface area contributed by atoms with Crippen LogP contribution in [0.2, 0.25) is 0 Å². The molecule has 0 aliphatic rings. The predicted octanol–water partition coefficient (Wildman–Crippen LogP) is 2.18. The first kappa shape index (κ1) is 23.1. The number of benzene rings is 1. The van der Waals surface area contributed by atoms with Crippen LogP contribution in [-0.4, -0.2) is 35.4 Å². The van der Waals surface area contributed by atoms with Crippen LogP contribution >= 0.6 is 24.0 Å². The number of hydrogen-bond acceptors (Lipinski definition) is 4. The molecule has 1 rings (SSSR count). The van der Waals surface area contributed by atoms with E-state index in [2.05, 4.69) is 20.9 Å². The third-order valence-corrected chi connectivity index (χ3v) is 2.82. The molecule has 0 fully saturated rings. The lowest BCUT2D eigenvalue weighted by Crippen LogP contribution is -2.48. The summed E-state index contributed by atoms with van der Waals surface area (Å²) in [5.41, 5.74) is 0.461. The van der Waals surface area contributed by atoms with Crippen LogP contribution in [0.5, 0.6) is 0 Å². The third kappa shape index (κ3) is 9.85. The van der Waals surface area contributed by atoms with Crippen LogP contribution in [0.3, 0.4) is 0 Å². The largest absolute Gasteiger partial charge is 0.357 e. The number of nitrogens with zero attached hydrogens (tertiary/aromatic N) is 2. The molecule has 0 aromatic heterocycles. The summed E-state index contributed by atoms with van der Waals surface area (Å²) in [6, 6.07) is 6.32. The van der Waals surface area contributed by atoms with Crippen LogP contribution in [0.4, 0.5) is 5.69 Å². The van der Waals surface area contributed by atoms with Gasteiger partial charge in [-0.05, 0) is 33.3 Å². The first-order valence-corrected chi connectivity index (χ1v) is 7.78. The Balaban J connectivity index is 0.00000576. The summed E-state index contributed by atoms with van der Waals surface area (Å²) in [5.74, 6) is 0.344. The Morgan fingerprint density at radius 3 is 2.52 bits per heavy atom. The van der Waals surface area contributed by atoms with Gasteiger partial charge >= 0.3 is 0 Å². The molecule has 0 saturated heterocycles. The Hall–Kier alpha value is -1.91. The highest BCUT2D eigenvalue weighted by atomic mass is 127. The van der Waals surface area contributed by atoms with E-state index in [4.69, 9.17) is 0 Å². The number of amides is 1. The van der Waals surface area contributed by atoms with Gasteiger partial charge in [-0.15, -0.1) is 24.0 Å². The second kappa shape index (κ2) is 10.9. The van der Waals surface area contributed by atoms with Gasteiger partial charge in [-0.1, -0.05) is 12.1 Å². The monoisotopic (exact) mass is 463 g/mol. The lowest BCUT2D eigenvalue weighted by molar-refractivity contribution is -0.384. The number of carbonyl (C=O) groups is 1. The van der Waals surface area contributed by atoms with Gasteiger partial charge in [0.1, 0.15) is 0 Å². The zero-order valence-electron chi connectivity index (χ0n) is 15.0. The number of nitro groups is 1. The number of rotatable bonds is 6.